The molecule has 1 atom stereocenters. The Labute approximate surface area is 117 Å². The molecule has 1 unspecified atom stereocenters. The Morgan fingerprint density at radius 3 is 2.72 bits per heavy atom. The van der Waals surface area contributed by atoms with Crippen LogP contribution in [0, 0.1) is 6.92 Å². The predicted octanol–water partition coefficient (Wildman–Crippen LogP) is 2.53. The first-order valence-electron chi connectivity index (χ1n) is 6.21. The van der Waals surface area contributed by atoms with Crippen LogP contribution in [0.4, 0.5) is 0 Å². The van der Waals surface area contributed by atoms with E-state index in [-0.39, 0.29) is 5.91 Å². The van der Waals surface area contributed by atoms with Gasteiger partial charge >= 0.3 is 0 Å². The van der Waals surface area contributed by atoms with Crippen LogP contribution in [0.15, 0.2) is 22.7 Å². The van der Waals surface area contributed by atoms with Gasteiger partial charge in [-0.2, -0.15) is 0 Å². The Hall–Kier alpha value is -0.870. The van der Waals surface area contributed by atoms with Gasteiger partial charge < -0.3 is 9.80 Å². The zero-order valence-electron chi connectivity index (χ0n) is 11.1. The van der Waals surface area contributed by atoms with Gasteiger partial charge in [0.25, 0.3) is 5.91 Å². The maximum atomic E-state index is 12.4. The molecule has 18 heavy (non-hydrogen) atoms. The third kappa shape index (κ3) is 2.75. The topological polar surface area (TPSA) is 23.6 Å². The van der Waals surface area contributed by atoms with Gasteiger partial charge in [0.2, 0.25) is 0 Å². The molecule has 98 valence electrons. The van der Waals surface area contributed by atoms with Crippen molar-refractivity contribution in [3.8, 4) is 0 Å². The summed E-state index contributed by atoms with van der Waals surface area (Å²) in [5, 5.41) is 0. The number of carbonyl (C=O) groups is 1. The zero-order chi connectivity index (χ0) is 13.3. The molecule has 0 bridgehead atoms. The molecule has 2 rings (SSSR count). The van der Waals surface area contributed by atoms with E-state index in [0.717, 1.165) is 35.1 Å². The van der Waals surface area contributed by atoms with Crippen LogP contribution in [0.3, 0.4) is 0 Å². The molecule has 1 saturated heterocycles. The molecule has 1 aromatic rings. The molecule has 0 N–H and O–H groups in total. The lowest BCUT2D eigenvalue weighted by Gasteiger charge is -2.20. The fourth-order valence-electron chi connectivity index (χ4n) is 2.31. The van der Waals surface area contributed by atoms with E-state index >= 15 is 0 Å². The van der Waals surface area contributed by atoms with E-state index in [1.54, 1.807) is 0 Å². The van der Waals surface area contributed by atoms with Gasteiger partial charge in [0.15, 0.2) is 0 Å². The highest BCUT2D eigenvalue weighted by atomic mass is 79.9. The van der Waals surface area contributed by atoms with Crippen LogP contribution in [0.5, 0.6) is 0 Å². The van der Waals surface area contributed by atoms with E-state index in [9.17, 15) is 4.79 Å². The molecule has 3 nitrogen and oxygen atoms in total. The van der Waals surface area contributed by atoms with Gasteiger partial charge in [-0.3, -0.25) is 4.79 Å². The molecule has 0 spiro atoms. The minimum absolute atomic E-state index is 0.148. The molecule has 4 heteroatoms. The van der Waals surface area contributed by atoms with Crippen LogP contribution in [0.25, 0.3) is 0 Å². The second-order valence-corrected chi connectivity index (χ2v) is 5.98. The smallest absolute Gasteiger partial charge is 0.253 e. The molecule has 1 amide bonds. The lowest BCUT2D eigenvalue weighted by molar-refractivity contribution is 0.0783. The van der Waals surface area contributed by atoms with Crippen molar-refractivity contribution in [2.45, 2.75) is 19.4 Å². The Morgan fingerprint density at radius 2 is 2.17 bits per heavy atom. The van der Waals surface area contributed by atoms with Crippen LogP contribution in [0.1, 0.15) is 22.3 Å². The number of hydrogen-bond donors (Lipinski definition) is 0. The third-order valence-corrected chi connectivity index (χ3v) is 4.48. The number of likely N-dealkylation sites (tertiary alicyclic amines) is 1. The number of aryl methyl sites for hydroxylation is 1. The highest BCUT2D eigenvalue weighted by molar-refractivity contribution is 9.10. The average molecular weight is 311 g/mol. The van der Waals surface area contributed by atoms with Gasteiger partial charge in [0.05, 0.1) is 0 Å². The van der Waals surface area contributed by atoms with E-state index in [1.165, 1.54) is 0 Å². The summed E-state index contributed by atoms with van der Waals surface area (Å²) in [5.74, 6) is 0.148. The zero-order valence-corrected chi connectivity index (χ0v) is 12.7. The number of rotatable bonds is 2. The summed E-state index contributed by atoms with van der Waals surface area (Å²) >= 11 is 3.46. The minimum atomic E-state index is 0.148. The fourth-order valence-corrected chi connectivity index (χ4v) is 2.55. The van der Waals surface area contributed by atoms with Crippen molar-refractivity contribution in [2.24, 2.45) is 0 Å². The Kier molecular flexibility index (Phi) is 4.07. The molecular formula is C14H19BrN2O. The number of halogens is 1. The summed E-state index contributed by atoms with van der Waals surface area (Å²) in [6, 6.07) is 6.28. The number of carbonyl (C=O) groups excluding carboxylic acids is 1. The summed E-state index contributed by atoms with van der Waals surface area (Å²) in [7, 11) is 4.14. The summed E-state index contributed by atoms with van der Waals surface area (Å²) in [6.45, 7) is 3.70. The molecule has 1 fully saturated rings. The molecule has 1 aromatic carbocycles. The van der Waals surface area contributed by atoms with Crippen LogP contribution in [0.2, 0.25) is 0 Å². The van der Waals surface area contributed by atoms with Gasteiger partial charge in [-0.15, -0.1) is 0 Å². The average Bonchev–Trinajstić information content (AvgIpc) is 2.81. The van der Waals surface area contributed by atoms with Crippen molar-refractivity contribution in [3.05, 3.63) is 33.8 Å². The Balaban J connectivity index is 2.10. The molecule has 0 aromatic heterocycles. The van der Waals surface area contributed by atoms with E-state index in [4.69, 9.17) is 0 Å². The van der Waals surface area contributed by atoms with E-state index in [0.29, 0.717) is 6.04 Å². The molecule has 1 aliphatic rings. The monoisotopic (exact) mass is 310 g/mol. The number of benzene rings is 1. The first-order valence-corrected chi connectivity index (χ1v) is 7.00. The second-order valence-electron chi connectivity index (χ2n) is 5.12. The number of amides is 1. The van der Waals surface area contributed by atoms with Gasteiger partial charge in [-0.25, -0.2) is 0 Å². The molecular weight excluding hydrogens is 292 g/mol. The van der Waals surface area contributed by atoms with E-state index < -0.39 is 0 Å². The van der Waals surface area contributed by atoms with Crippen LogP contribution in [-0.4, -0.2) is 48.9 Å². The number of hydrogen-bond acceptors (Lipinski definition) is 2. The Morgan fingerprint density at radius 1 is 1.44 bits per heavy atom. The van der Waals surface area contributed by atoms with Gasteiger partial charge in [-0.05, 0) is 51.2 Å². The Bertz CT molecular complexity index is 459. The lowest BCUT2D eigenvalue weighted by Crippen LogP contribution is -2.34. The molecule has 0 radical (unpaired) electrons. The maximum absolute atomic E-state index is 12.4. The van der Waals surface area contributed by atoms with Crippen molar-refractivity contribution in [1.82, 2.24) is 9.80 Å². The quantitative estimate of drug-likeness (QED) is 0.838. The largest absolute Gasteiger partial charge is 0.337 e. The minimum Gasteiger partial charge on any atom is -0.337 e. The molecule has 1 heterocycles. The fraction of sp³-hybridized carbons (Fsp3) is 0.500. The summed E-state index contributed by atoms with van der Waals surface area (Å²) in [4.78, 5) is 16.5. The summed E-state index contributed by atoms with van der Waals surface area (Å²) < 4.78 is 1.05. The van der Waals surface area contributed by atoms with Crippen molar-refractivity contribution in [1.29, 1.82) is 0 Å². The van der Waals surface area contributed by atoms with Gasteiger partial charge in [0, 0.05) is 29.2 Å². The molecule has 0 aliphatic carbocycles. The first-order chi connectivity index (χ1) is 8.49. The first kappa shape index (κ1) is 13.6. The predicted molar refractivity (Wildman–Crippen MR) is 76.9 cm³/mol. The van der Waals surface area contributed by atoms with Gasteiger partial charge in [0.1, 0.15) is 0 Å². The van der Waals surface area contributed by atoms with Gasteiger partial charge in [-0.1, -0.05) is 15.9 Å². The van der Waals surface area contributed by atoms with E-state index in [1.807, 2.05) is 30.0 Å². The highest BCUT2D eigenvalue weighted by Crippen LogP contribution is 2.20. The normalized spacial score (nSPS) is 19.6. The van der Waals surface area contributed by atoms with Crippen molar-refractivity contribution in [2.75, 3.05) is 27.2 Å². The second kappa shape index (κ2) is 5.41. The van der Waals surface area contributed by atoms with Crippen molar-refractivity contribution < 1.29 is 4.79 Å². The van der Waals surface area contributed by atoms with Crippen molar-refractivity contribution >= 4 is 21.8 Å². The third-order valence-electron chi connectivity index (χ3n) is 3.59. The number of likely N-dealkylation sites (N-methyl/N-ethyl adjacent to an activating group) is 1. The van der Waals surface area contributed by atoms with E-state index in [2.05, 4.69) is 34.9 Å². The standard InChI is InChI=1S/C14H19BrN2O/c1-10-8-11(4-5-13(10)15)14(18)17-7-6-12(9-17)16(2)3/h4-5,8,12H,6-7,9H2,1-3H3. The maximum Gasteiger partial charge on any atom is 0.253 e. The summed E-state index contributed by atoms with van der Waals surface area (Å²) in [5.41, 5.74) is 1.89. The SMILES string of the molecule is Cc1cc(C(=O)N2CCC(N(C)C)C2)ccc1Br. The van der Waals surface area contributed by atoms with Crippen LogP contribution < -0.4 is 0 Å². The highest BCUT2D eigenvalue weighted by Gasteiger charge is 2.28. The van der Waals surface area contributed by atoms with Crippen LogP contribution in [-0.2, 0) is 0 Å². The summed E-state index contributed by atoms with van der Waals surface area (Å²) in [6.07, 6.45) is 1.06. The van der Waals surface area contributed by atoms with Crippen molar-refractivity contribution in [3.63, 3.8) is 0 Å². The van der Waals surface area contributed by atoms with Crippen LogP contribution >= 0.6 is 15.9 Å². The molecule has 1 aliphatic heterocycles. The molecule has 0 saturated carbocycles. The lowest BCUT2D eigenvalue weighted by atomic mass is 10.1. The number of nitrogens with zero attached hydrogens (tertiary/aromatic N) is 2.